The Hall–Kier alpha value is -1.25. The quantitative estimate of drug-likeness (QED) is 0.900. The van der Waals surface area contributed by atoms with E-state index in [-0.39, 0.29) is 0 Å². The molecule has 2 saturated carbocycles. The Kier molecular flexibility index (Phi) is 2.86. The molecule has 19 heavy (non-hydrogen) atoms. The lowest BCUT2D eigenvalue weighted by molar-refractivity contribution is 0.439. The lowest BCUT2D eigenvalue weighted by Crippen LogP contribution is -2.28. The Morgan fingerprint density at radius 3 is 2.79 bits per heavy atom. The Labute approximate surface area is 115 Å². The van der Waals surface area contributed by atoms with Crippen LogP contribution >= 0.6 is 0 Å². The maximum Gasteiger partial charge on any atom is 0.151 e. The molecule has 2 aliphatic carbocycles. The zero-order valence-corrected chi connectivity index (χ0v) is 11.5. The second-order valence-electron chi connectivity index (χ2n) is 6.49. The topological polar surface area (TPSA) is 28.2 Å². The van der Waals surface area contributed by atoms with Crippen LogP contribution in [0.25, 0.3) is 0 Å². The van der Waals surface area contributed by atoms with Gasteiger partial charge in [-0.3, -0.25) is 0 Å². The van der Waals surface area contributed by atoms with E-state index in [1.807, 2.05) is 6.20 Å². The van der Waals surface area contributed by atoms with Gasteiger partial charge in [0, 0.05) is 25.3 Å². The summed E-state index contributed by atoms with van der Waals surface area (Å²) in [6.07, 6.45) is 10.3. The van der Waals surface area contributed by atoms with Crippen molar-refractivity contribution in [1.82, 2.24) is 4.98 Å². The van der Waals surface area contributed by atoms with Crippen molar-refractivity contribution in [2.75, 3.05) is 23.3 Å². The molecule has 1 saturated heterocycles. The van der Waals surface area contributed by atoms with Gasteiger partial charge < -0.3 is 10.2 Å². The highest BCUT2D eigenvalue weighted by molar-refractivity contribution is 5.66. The molecule has 3 heteroatoms. The Balaban J connectivity index is 1.54. The van der Waals surface area contributed by atoms with Gasteiger partial charge in [-0.1, -0.05) is 6.42 Å². The molecule has 1 aromatic rings. The second kappa shape index (κ2) is 4.69. The first-order valence-electron chi connectivity index (χ1n) is 7.86. The fraction of sp³-hybridized carbons (Fsp3) is 0.688. The fourth-order valence-corrected chi connectivity index (χ4v) is 4.31. The van der Waals surface area contributed by atoms with Crippen LogP contribution in [0.4, 0.5) is 11.5 Å². The van der Waals surface area contributed by atoms with Crippen molar-refractivity contribution in [3.05, 3.63) is 18.3 Å². The van der Waals surface area contributed by atoms with Crippen LogP contribution in [-0.2, 0) is 0 Å². The summed E-state index contributed by atoms with van der Waals surface area (Å²) in [5, 5.41) is 3.81. The number of anilines is 2. The zero-order chi connectivity index (χ0) is 12.7. The van der Waals surface area contributed by atoms with Crippen molar-refractivity contribution in [2.45, 2.75) is 44.6 Å². The molecule has 3 fully saturated rings. The van der Waals surface area contributed by atoms with E-state index in [2.05, 4.69) is 27.3 Å². The van der Waals surface area contributed by atoms with Gasteiger partial charge in [-0.05, 0) is 56.1 Å². The standard InChI is InChI=1S/C16H23N3/c1-2-9-19(8-1)16-14(4-3-7-17-16)18-15-11-12-5-6-13(15)10-12/h3-4,7,12-13,15,18H,1-2,5-6,8-11H2. The van der Waals surface area contributed by atoms with Crippen molar-refractivity contribution in [3.63, 3.8) is 0 Å². The molecule has 1 N–H and O–H groups in total. The number of hydrogen-bond acceptors (Lipinski definition) is 3. The molecule has 0 spiro atoms. The van der Waals surface area contributed by atoms with Crippen LogP contribution in [-0.4, -0.2) is 24.1 Å². The van der Waals surface area contributed by atoms with Gasteiger partial charge in [0.2, 0.25) is 0 Å². The first kappa shape index (κ1) is 11.6. The monoisotopic (exact) mass is 257 g/mol. The van der Waals surface area contributed by atoms with Crippen molar-refractivity contribution in [3.8, 4) is 0 Å². The van der Waals surface area contributed by atoms with Gasteiger partial charge >= 0.3 is 0 Å². The van der Waals surface area contributed by atoms with E-state index < -0.39 is 0 Å². The minimum Gasteiger partial charge on any atom is -0.379 e. The molecule has 2 bridgehead atoms. The fourth-order valence-electron chi connectivity index (χ4n) is 4.31. The summed E-state index contributed by atoms with van der Waals surface area (Å²) in [6, 6.07) is 4.98. The molecule has 1 aromatic heterocycles. The SMILES string of the molecule is c1cnc(N2CCCC2)c(NC2CC3CCC2C3)c1. The van der Waals surface area contributed by atoms with E-state index in [0.29, 0.717) is 6.04 Å². The summed E-state index contributed by atoms with van der Waals surface area (Å²) >= 11 is 0. The van der Waals surface area contributed by atoms with E-state index in [1.165, 1.54) is 63.1 Å². The highest BCUT2D eigenvalue weighted by Crippen LogP contribution is 2.46. The first-order chi connectivity index (χ1) is 9.40. The number of aromatic nitrogens is 1. The molecule has 0 aromatic carbocycles. The van der Waals surface area contributed by atoms with E-state index in [4.69, 9.17) is 0 Å². The molecule has 102 valence electrons. The first-order valence-corrected chi connectivity index (χ1v) is 7.86. The zero-order valence-electron chi connectivity index (χ0n) is 11.5. The summed E-state index contributed by atoms with van der Waals surface area (Å²) in [7, 11) is 0. The third kappa shape index (κ3) is 2.09. The van der Waals surface area contributed by atoms with Crippen molar-refractivity contribution in [2.24, 2.45) is 11.8 Å². The van der Waals surface area contributed by atoms with Gasteiger partial charge in [-0.2, -0.15) is 0 Å². The Morgan fingerprint density at radius 1 is 1.16 bits per heavy atom. The molecule has 3 unspecified atom stereocenters. The number of fused-ring (bicyclic) bond motifs is 2. The van der Waals surface area contributed by atoms with E-state index in [0.717, 1.165) is 11.8 Å². The third-order valence-electron chi connectivity index (χ3n) is 5.27. The van der Waals surface area contributed by atoms with Crippen molar-refractivity contribution >= 4 is 11.5 Å². The lowest BCUT2D eigenvalue weighted by Gasteiger charge is -2.27. The average molecular weight is 257 g/mol. The molecule has 3 atom stereocenters. The minimum absolute atomic E-state index is 0.698. The summed E-state index contributed by atoms with van der Waals surface area (Å²) in [4.78, 5) is 7.07. The summed E-state index contributed by atoms with van der Waals surface area (Å²) in [5.74, 6) is 3.09. The van der Waals surface area contributed by atoms with Gasteiger partial charge in [0.05, 0.1) is 5.69 Å². The smallest absolute Gasteiger partial charge is 0.151 e. The van der Waals surface area contributed by atoms with E-state index in [1.54, 1.807) is 0 Å². The second-order valence-corrected chi connectivity index (χ2v) is 6.49. The van der Waals surface area contributed by atoms with Gasteiger partial charge in [-0.25, -0.2) is 4.98 Å². The summed E-state index contributed by atoms with van der Waals surface area (Å²) in [5.41, 5.74) is 1.27. The predicted molar refractivity (Wildman–Crippen MR) is 78.5 cm³/mol. The third-order valence-corrected chi connectivity index (χ3v) is 5.27. The van der Waals surface area contributed by atoms with Gasteiger partial charge in [0.25, 0.3) is 0 Å². The van der Waals surface area contributed by atoms with E-state index in [9.17, 15) is 0 Å². The summed E-state index contributed by atoms with van der Waals surface area (Å²) < 4.78 is 0. The van der Waals surface area contributed by atoms with Crippen molar-refractivity contribution in [1.29, 1.82) is 0 Å². The number of hydrogen-bond donors (Lipinski definition) is 1. The average Bonchev–Trinajstić information content (AvgIpc) is 3.17. The molecule has 3 aliphatic rings. The normalized spacial score (nSPS) is 33.1. The molecule has 2 heterocycles. The number of pyridine rings is 1. The molecule has 1 aliphatic heterocycles. The highest BCUT2D eigenvalue weighted by Gasteiger charge is 2.39. The van der Waals surface area contributed by atoms with Crippen LogP contribution in [0.2, 0.25) is 0 Å². The van der Waals surface area contributed by atoms with Crippen LogP contribution in [0.1, 0.15) is 38.5 Å². The molecule has 0 amide bonds. The van der Waals surface area contributed by atoms with E-state index >= 15 is 0 Å². The molecular weight excluding hydrogens is 234 g/mol. The van der Waals surface area contributed by atoms with Gasteiger partial charge in [0.1, 0.15) is 0 Å². The Bertz CT molecular complexity index is 453. The summed E-state index contributed by atoms with van der Waals surface area (Å²) in [6.45, 7) is 2.34. The largest absolute Gasteiger partial charge is 0.379 e. The van der Waals surface area contributed by atoms with Crippen LogP contribution in [0.5, 0.6) is 0 Å². The van der Waals surface area contributed by atoms with Crippen LogP contribution in [0.3, 0.4) is 0 Å². The molecule has 0 radical (unpaired) electrons. The van der Waals surface area contributed by atoms with Gasteiger partial charge in [0.15, 0.2) is 5.82 Å². The lowest BCUT2D eigenvalue weighted by atomic mass is 9.95. The highest BCUT2D eigenvalue weighted by atomic mass is 15.2. The number of rotatable bonds is 3. The Morgan fingerprint density at radius 2 is 2.05 bits per heavy atom. The number of nitrogens with one attached hydrogen (secondary N) is 1. The van der Waals surface area contributed by atoms with Crippen LogP contribution in [0.15, 0.2) is 18.3 Å². The van der Waals surface area contributed by atoms with Gasteiger partial charge in [-0.15, -0.1) is 0 Å². The van der Waals surface area contributed by atoms with Crippen LogP contribution < -0.4 is 10.2 Å². The molecule has 4 rings (SSSR count). The predicted octanol–water partition coefficient (Wildman–Crippen LogP) is 3.28. The number of nitrogens with zero attached hydrogens (tertiary/aromatic N) is 2. The maximum absolute atomic E-state index is 4.63. The maximum atomic E-state index is 4.63. The van der Waals surface area contributed by atoms with Crippen molar-refractivity contribution < 1.29 is 0 Å². The molecular formula is C16H23N3. The molecule has 3 nitrogen and oxygen atoms in total. The van der Waals surface area contributed by atoms with Crippen LogP contribution in [0, 0.1) is 11.8 Å². The minimum atomic E-state index is 0.698.